The zero-order valence-electron chi connectivity index (χ0n) is 10.0. The molecule has 0 aliphatic rings. The smallest absolute Gasteiger partial charge is 0.328 e. The fourth-order valence-corrected chi connectivity index (χ4v) is 1.58. The van der Waals surface area contributed by atoms with E-state index in [1.165, 1.54) is 12.5 Å². The van der Waals surface area contributed by atoms with Crippen molar-refractivity contribution in [3.63, 3.8) is 0 Å². The molecule has 0 aliphatic heterocycles. The maximum atomic E-state index is 11.0. The maximum Gasteiger partial charge on any atom is 0.328 e. The van der Waals surface area contributed by atoms with Crippen molar-refractivity contribution in [1.29, 1.82) is 0 Å². The van der Waals surface area contributed by atoms with Crippen LogP contribution in [0.3, 0.4) is 0 Å². The van der Waals surface area contributed by atoms with Gasteiger partial charge in [-0.25, -0.2) is 4.79 Å². The minimum atomic E-state index is -1.31. The molecule has 1 aromatic carbocycles. The third-order valence-corrected chi connectivity index (χ3v) is 2.64. The third kappa shape index (κ3) is 2.83. The quantitative estimate of drug-likeness (QED) is 0.818. The van der Waals surface area contributed by atoms with E-state index in [4.69, 9.17) is 10.8 Å². The fraction of sp³-hybridized carbons (Fsp3) is 0.462. The van der Waals surface area contributed by atoms with E-state index in [1.807, 2.05) is 12.1 Å². The first-order valence-electron chi connectivity index (χ1n) is 5.45. The van der Waals surface area contributed by atoms with Gasteiger partial charge in [0.2, 0.25) is 0 Å². The predicted octanol–water partition coefficient (Wildman–Crippen LogP) is 2.14. The van der Waals surface area contributed by atoms with E-state index in [9.17, 15) is 4.79 Å². The number of carboxylic acid groups (broad SMARTS) is 1. The summed E-state index contributed by atoms with van der Waals surface area (Å²) in [6, 6.07) is 7.49. The Morgan fingerprint density at radius 2 is 1.88 bits per heavy atom. The number of benzene rings is 1. The summed E-state index contributed by atoms with van der Waals surface area (Å²) in [7, 11) is 0. The highest BCUT2D eigenvalue weighted by molar-refractivity contribution is 5.79. The maximum absolute atomic E-state index is 11.0. The van der Waals surface area contributed by atoms with Crippen LogP contribution in [0.1, 0.15) is 31.9 Å². The Bertz CT molecular complexity index is 366. The Morgan fingerprint density at radius 1 is 1.38 bits per heavy atom. The van der Waals surface area contributed by atoms with Crippen LogP contribution in [0, 0.1) is 5.92 Å². The molecule has 0 saturated carbocycles. The standard InChI is InChI=1S/C13H19NO2/c1-9(2)8-10-4-6-11(7-5-10)13(3,14)12(15)16/h4-7,9H,8,14H2,1-3H3,(H,15,16). The molecule has 3 heteroatoms. The minimum Gasteiger partial charge on any atom is -0.480 e. The first-order chi connectivity index (χ1) is 7.34. The van der Waals surface area contributed by atoms with Gasteiger partial charge in [-0.3, -0.25) is 0 Å². The Morgan fingerprint density at radius 3 is 2.25 bits per heavy atom. The molecule has 0 heterocycles. The Labute approximate surface area is 96.3 Å². The number of aliphatic carboxylic acids is 1. The van der Waals surface area contributed by atoms with Gasteiger partial charge in [0, 0.05) is 0 Å². The van der Waals surface area contributed by atoms with Crippen molar-refractivity contribution in [3.05, 3.63) is 35.4 Å². The fourth-order valence-electron chi connectivity index (χ4n) is 1.58. The summed E-state index contributed by atoms with van der Waals surface area (Å²) in [6.07, 6.45) is 0.995. The Hall–Kier alpha value is -1.35. The molecular weight excluding hydrogens is 202 g/mol. The predicted molar refractivity (Wildman–Crippen MR) is 64.2 cm³/mol. The number of hydrogen-bond acceptors (Lipinski definition) is 2. The lowest BCUT2D eigenvalue weighted by molar-refractivity contribution is -0.143. The van der Waals surface area contributed by atoms with E-state index in [0.717, 1.165) is 6.42 Å². The summed E-state index contributed by atoms with van der Waals surface area (Å²) in [6.45, 7) is 5.81. The molecular formula is C13H19NO2. The van der Waals surface area contributed by atoms with Crippen LogP contribution >= 0.6 is 0 Å². The van der Waals surface area contributed by atoms with Crippen LogP contribution in [0.5, 0.6) is 0 Å². The van der Waals surface area contributed by atoms with E-state index in [0.29, 0.717) is 11.5 Å². The molecule has 0 bridgehead atoms. The van der Waals surface area contributed by atoms with Gasteiger partial charge in [-0.1, -0.05) is 38.1 Å². The molecule has 0 radical (unpaired) electrons. The lowest BCUT2D eigenvalue weighted by Crippen LogP contribution is -2.41. The van der Waals surface area contributed by atoms with Gasteiger partial charge in [-0.15, -0.1) is 0 Å². The molecule has 0 amide bonds. The lowest BCUT2D eigenvalue weighted by Gasteiger charge is -2.20. The topological polar surface area (TPSA) is 63.3 Å². The van der Waals surface area contributed by atoms with E-state index < -0.39 is 11.5 Å². The van der Waals surface area contributed by atoms with Crippen LogP contribution in [0.15, 0.2) is 24.3 Å². The molecule has 0 spiro atoms. The van der Waals surface area contributed by atoms with Gasteiger partial charge in [0.1, 0.15) is 5.54 Å². The number of rotatable bonds is 4. The molecule has 0 aromatic heterocycles. The van der Waals surface area contributed by atoms with Crippen molar-refractivity contribution in [3.8, 4) is 0 Å². The van der Waals surface area contributed by atoms with Crippen molar-refractivity contribution < 1.29 is 9.90 Å². The summed E-state index contributed by atoms with van der Waals surface area (Å²) in [5, 5.41) is 8.98. The largest absolute Gasteiger partial charge is 0.480 e. The SMILES string of the molecule is CC(C)Cc1ccc(C(C)(N)C(=O)O)cc1. The molecule has 1 atom stereocenters. The average molecular weight is 221 g/mol. The molecule has 3 nitrogen and oxygen atoms in total. The lowest BCUT2D eigenvalue weighted by atomic mass is 9.91. The van der Waals surface area contributed by atoms with Crippen LogP contribution in [-0.4, -0.2) is 11.1 Å². The zero-order chi connectivity index (χ0) is 12.3. The van der Waals surface area contributed by atoms with Crippen LogP contribution in [0.25, 0.3) is 0 Å². The average Bonchev–Trinajstić information content (AvgIpc) is 2.17. The third-order valence-electron chi connectivity index (χ3n) is 2.64. The second-order valence-electron chi connectivity index (χ2n) is 4.80. The van der Waals surface area contributed by atoms with Crippen molar-refractivity contribution in [2.75, 3.05) is 0 Å². The van der Waals surface area contributed by atoms with E-state index in [2.05, 4.69) is 13.8 Å². The first-order valence-corrected chi connectivity index (χ1v) is 5.45. The second-order valence-corrected chi connectivity index (χ2v) is 4.80. The number of nitrogens with two attached hydrogens (primary N) is 1. The molecule has 1 unspecified atom stereocenters. The first kappa shape index (κ1) is 12.7. The van der Waals surface area contributed by atoms with Gasteiger partial charge in [-0.2, -0.15) is 0 Å². The molecule has 1 aromatic rings. The van der Waals surface area contributed by atoms with Gasteiger partial charge >= 0.3 is 5.97 Å². The van der Waals surface area contributed by atoms with Crippen molar-refractivity contribution >= 4 is 5.97 Å². The Balaban J connectivity index is 2.91. The molecule has 3 N–H and O–H groups in total. The van der Waals surface area contributed by atoms with Gasteiger partial charge in [0.05, 0.1) is 0 Å². The Kier molecular flexibility index (Phi) is 3.70. The molecule has 0 aliphatic carbocycles. The number of carboxylic acids is 1. The van der Waals surface area contributed by atoms with Gasteiger partial charge in [0.25, 0.3) is 0 Å². The molecule has 16 heavy (non-hydrogen) atoms. The van der Waals surface area contributed by atoms with Gasteiger partial charge in [-0.05, 0) is 30.4 Å². The van der Waals surface area contributed by atoms with Gasteiger partial charge in [0.15, 0.2) is 0 Å². The summed E-state index contributed by atoms with van der Waals surface area (Å²) in [5.41, 5.74) is 6.26. The highest BCUT2D eigenvalue weighted by Gasteiger charge is 2.29. The normalized spacial score (nSPS) is 14.8. The minimum absolute atomic E-state index is 0.592. The van der Waals surface area contributed by atoms with Crippen LogP contribution in [-0.2, 0) is 16.8 Å². The van der Waals surface area contributed by atoms with Gasteiger partial charge < -0.3 is 10.8 Å². The molecule has 1 rings (SSSR count). The monoisotopic (exact) mass is 221 g/mol. The van der Waals surface area contributed by atoms with Crippen LogP contribution < -0.4 is 5.73 Å². The molecule has 0 fully saturated rings. The highest BCUT2D eigenvalue weighted by atomic mass is 16.4. The summed E-state index contributed by atoms with van der Waals surface area (Å²) in [5.74, 6) is -0.418. The van der Waals surface area contributed by atoms with Crippen LogP contribution in [0.4, 0.5) is 0 Å². The van der Waals surface area contributed by atoms with Crippen LogP contribution in [0.2, 0.25) is 0 Å². The van der Waals surface area contributed by atoms with E-state index >= 15 is 0 Å². The summed E-state index contributed by atoms with van der Waals surface area (Å²) in [4.78, 5) is 11.0. The van der Waals surface area contributed by atoms with E-state index in [1.54, 1.807) is 12.1 Å². The number of hydrogen-bond donors (Lipinski definition) is 2. The van der Waals surface area contributed by atoms with Crippen molar-refractivity contribution in [2.45, 2.75) is 32.7 Å². The van der Waals surface area contributed by atoms with Crippen molar-refractivity contribution in [2.24, 2.45) is 11.7 Å². The molecule has 88 valence electrons. The second kappa shape index (κ2) is 4.66. The number of carbonyl (C=O) groups is 1. The van der Waals surface area contributed by atoms with E-state index in [-0.39, 0.29) is 0 Å². The zero-order valence-corrected chi connectivity index (χ0v) is 10.0. The summed E-state index contributed by atoms with van der Waals surface area (Å²) < 4.78 is 0. The summed E-state index contributed by atoms with van der Waals surface area (Å²) >= 11 is 0. The molecule has 0 saturated heterocycles. The van der Waals surface area contributed by atoms with Crippen molar-refractivity contribution in [1.82, 2.24) is 0 Å². The highest BCUT2D eigenvalue weighted by Crippen LogP contribution is 2.19.